The lowest BCUT2D eigenvalue weighted by molar-refractivity contribution is -0.131. The van der Waals surface area contributed by atoms with Crippen molar-refractivity contribution in [3.8, 4) is 0 Å². The Kier molecular flexibility index (Phi) is 5.07. The third kappa shape index (κ3) is 4.68. The molecule has 0 radical (unpaired) electrons. The van der Waals surface area contributed by atoms with Crippen LogP contribution in [0.5, 0.6) is 0 Å². The van der Waals surface area contributed by atoms with Gasteiger partial charge in [-0.1, -0.05) is 41.5 Å². The van der Waals surface area contributed by atoms with Gasteiger partial charge in [0.2, 0.25) is 0 Å². The van der Waals surface area contributed by atoms with E-state index in [0.717, 1.165) is 17.2 Å². The molecular weight excluding hydrogens is 218 g/mol. The van der Waals surface area contributed by atoms with Crippen molar-refractivity contribution in [2.45, 2.75) is 0 Å². The molecule has 0 heterocycles. The molecule has 5 heteroatoms. The summed E-state index contributed by atoms with van der Waals surface area (Å²) in [5.74, 6) is -0.988. The highest BCUT2D eigenvalue weighted by molar-refractivity contribution is 5.86. The van der Waals surface area contributed by atoms with Crippen LogP contribution in [0, 0.1) is 0 Å². The Hall–Kier alpha value is -2.52. The van der Waals surface area contributed by atoms with E-state index in [1.165, 1.54) is 6.08 Å². The number of carbonyl (C=O) groups is 1. The van der Waals surface area contributed by atoms with Crippen LogP contribution in [0.2, 0.25) is 0 Å². The fourth-order valence-electron chi connectivity index (χ4n) is 1.24. The van der Waals surface area contributed by atoms with E-state index in [2.05, 4.69) is 10.0 Å². The number of benzene rings is 1. The molecule has 0 aliphatic carbocycles. The Labute approximate surface area is 98.3 Å². The van der Waals surface area contributed by atoms with Crippen molar-refractivity contribution in [2.75, 3.05) is 6.54 Å². The first-order chi connectivity index (χ1) is 8.24. The monoisotopic (exact) mass is 229 g/mol. The van der Waals surface area contributed by atoms with Crippen LogP contribution in [0.3, 0.4) is 0 Å². The summed E-state index contributed by atoms with van der Waals surface area (Å²) in [5.41, 5.74) is 9.78. The zero-order valence-electron chi connectivity index (χ0n) is 9.02. The van der Waals surface area contributed by atoms with Gasteiger partial charge in [0.1, 0.15) is 0 Å². The van der Waals surface area contributed by atoms with Gasteiger partial charge in [0.05, 0.1) is 0 Å². The Morgan fingerprint density at radius 2 is 2.00 bits per heavy atom. The molecule has 0 amide bonds. The molecule has 5 nitrogen and oxygen atoms in total. The number of aliphatic carboxylic acids is 1. The van der Waals surface area contributed by atoms with Crippen LogP contribution >= 0.6 is 0 Å². The van der Waals surface area contributed by atoms with Crippen molar-refractivity contribution in [1.29, 1.82) is 0 Å². The molecule has 1 aromatic carbocycles. The Balaban J connectivity index is 2.87. The molecule has 0 saturated carbocycles. The zero-order chi connectivity index (χ0) is 12.5. The van der Waals surface area contributed by atoms with Crippen LogP contribution in [-0.4, -0.2) is 17.6 Å². The average molecular weight is 229 g/mol. The van der Waals surface area contributed by atoms with Crippen molar-refractivity contribution >= 4 is 18.1 Å². The minimum absolute atomic E-state index is 0.271. The summed E-state index contributed by atoms with van der Waals surface area (Å²) in [6, 6.07) is 7.35. The molecule has 0 fully saturated rings. The van der Waals surface area contributed by atoms with E-state index >= 15 is 0 Å². The molecule has 0 atom stereocenters. The van der Waals surface area contributed by atoms with Gasteiger partial charge in [0.25, 0.3) is 0 Å². The minimum Gasteiger partial charge on any atom is -0.478 e. The fourth-order valence-corrected chi connectivity index (χ4v) is 1.24. The Morgan fingerprint density at radius 3 is 2.59 bits per heavy atom. The summed E-state index contributed by atoms with van der Waals surface area (Å²) < 4.78 is 0. The predicted molar refractivity (Wildman–Crippen MR) is 66.2 cm³/mol. The molecule has 1 N–H and O–H groups in total. The molecule has 0 aromatic heterocycles. The van der Waals surface area contributed by atoms with Crippen molar-refractivity contribution in [1.82, 2.24) is 0 Å². The number of carboxylic acid groups (broad SMARTS) is 1. The fraction of sp³-hybridized carbons (Fsp3) is 0.0833. The number of hydrogen-bond donors (Lipinski definition) is 1. The van der Waals surface area contributed by atoms with Crippen molar-refractivity contribution in [2.24, 2.45) is 5.11 Å². The molecule has 17 heavy (non-hydrogen) atoms. The lowest BCUT2D eigenvalue weighted by atomic mass is 10.1. The van der Waals surface area contributed by atoms with Gasteiger partial charge in [-0.05, 0) is 22.7 Å². The summed E-state index contributed by atoms with van der Waals surface area (Å²) in [7, 11) is 0. The summed E-state index contributed by atoms with van der Waals surface area (Å²) in [4.78, 5) is 13.1. The Bertz CT molecular complexity index is 500. The number of hydrogen-bond acceptors (Lipinski definition) is 2. The summed E-state index contributed by atoms with van der Waals surface area (Å²) in [6.45, 7) is 0.271. The van der Waals surface area contributed by atoms with Crippen LogP contribution in [0.15, 0.2) is 41.5 Å². The van der Waals surface area contributed by atoms with E-state index < -0.39 is 5.97 Å². The van der Waals surface area contributed by atoms with E-state index in [-0.39, 0.29) is 6.54 Å². The highest BCUT2D eigenvalue weighted by Gasteiger charge is 1.94. The van der Waals surface area contributed by atoms with Gasteiger partial charge < -0.3 is 5.11 Å². The zero-order valence-corrected chi connectivity index (χ0v) is 9.02. The van der Waals surface area contributed by atoms with E-state index in [1.807, 2.05) is 24.3 Å². The quantitative estimate of drug-likeness (QED) is 0.364. The van der Waals surface area contributed by atoms with Gasteiger partial charge >= 0.3 is 5.97 Å². The van der Waals surface area contributed by atoms with Gasteiger partial charge in [-0.2, -0.15) is 0 Å². The molecule has 0 unspecified atom stereocenters. The van der Waals surface area contributed by atoms with Crippen LogP contribution in [-0.2, 0) is 4.79 Å². The molecule has 86 valence electrons. The van der Waals surface area contributed by atoms with Crippen molar-refractivity contribution < 1.29 is 9.90 Å². The number of azide groups is 1. The lowest BCUT2D eigenvalue weighted by Gasteiger charge is -1.99. The molecule has 0 spiro atoms. The third-order valence-electron chi connectivity index (χ3n) is 1.95. The summed E-state index contributed by atoms with van der Waals surface area (Å²) in [6.07, 6.45) is 6.11. The molecule has 1 aromatic rings. The predicted octanol–water partition coefficient (Wildman–Crippen LogP) is 3.11. The SMILES string of the molecule is [N-]=[N+]=NCC=Cc1ccccc1/C=C/C(=O)O. The normalized spacial score (nSPS) is 10.6. The van der Waals surface area contributed by atoms with E-state index in [0.29, 0.717) is 0 Å². The minimum atomic E-state index is -0.988. The smallest absolute Gasteiger partial charge is 0.328 e. The summed E-state index contributed by atoms with van der Waals surface area (Å²) in [5, 5.41) is 11.9. The maximum atomic E-state index is 10.4. The third-order valence-corrected chi connectivity index (χ3v) is 1.95. The molecule has 0 aliphatic rings. The number of nitrogens with zero attached hydrogens (tertiary/aromatic N) is 3. The van der Waals surface area contributed by atoms with Gasteiger partial charge in [0, 0.05) is 17.5 Å². The second-order valence-electron chi connectivity index (χ2n) is 3.12. The van der Waals surface area contributed by atoms with Crippen LogP contribution in [0.1, 0.15) is 11.1 Å². The first-order valence-electron chi connectivity index (χ1n) is 4.91. The van der Waals surface area contributed by atoms with E-state index in [4.69, 9.17) is 10.6 Å². The summed E-state index contributed by atoms with van der Waals surface area (Å²) >= 11 is 0. The van der Waals surface area contributed by atoms with Crippen molar-refractivity contribution in [3.63, 3.8) is 0 Å². The van der Waals surface area contributed by atoms with Crippen molar-refractivity contribution in [3.05, 3.63) is 58.0 Å². The van der Waals surface area contributed by atoms with E-state index in [9.17, 15) is 4.79 Å². The molecule has 0 aliphatic heterocycles. The standard InChI is InChI=1S/C12H11N3O2/c13-15-14-9-3-6-10-4-1-2-5-11(10)7-8-12(16)17/h1-8H,9H2,(H,16,17)/b6-3?,8-7+. The maximum Gasteiger partial charge on any atom is 0.328 e. The van der Waals surface area contributed by atoms with Crippen LogP contribution in [0.25, 0.3) is 22.6 Å². The maximum absolute atomic E-state index is 10.4. The second kappa shape index (κ2) is 6.87. The van der Waals surface area contributed by atoms with Gasteiger partial charge in [-0.15, -0.1) is 0 Å². The lowest BCUT2D eigenvalue weighted by Crippen LogP contribution is -1.87. The first kappa shape index (κ1) is 12.5. The molecule has 0 saturated heterocycles. The molecule has 1 rings (SSSR count). The number of carboxylic acids is 1. The Morgan fingerprint density at radius 1 is 1.35 bits per heavy atom. The second-order valence-corrected chi connectivity index (χ2v) is 3.12. The van der Waals surface area contributed by atoms with Gasteiger partial charge in [0.15, 0.2) is 0 Å². The largest absolute Gasteiger partial charge is 0.478 e. The topological polar surface area (TPSA) is 86.1 Å². The molecular formula is C12H11N3O2. The van der Waals surface area contributed by atoms with Crippen LogP contribution < -0.4 is 0 Å². The van der Waals surface area contributed by atoms with Gasteiger partial charge in [-0.25, -0.2) is 4.79 Å². The average Bonchev–Trinajstić information content (AvgIpc) is 2.33. The first-order valence-corrected chi connectivity index (χ1v) is 4.91. The molecule has 0 bridgehead atoms. The van der Waals surface area contributed by atoms with Gasteiger partial charge in [-0.3, -0.25) is 0 Å². The van der Waals surface area contributed by atoms with Crippen LogP contribution in [0.4, 0.5) is 0 Å². The highest BCUT2D eigenvalue weighted by atomic mass is 16.4. The highest BCUT2D eigenvalue weighted by Crippen LogP contribution is 2.12. The number of rotatable bonds is 5. The van der Waals surface area contributed by atoms with E-state index in [1.54, 1.807) is 12.2 Å².